The van der Waals surface area contributed by atoms with Gasteiger partial charge in [0.25, 0.3) is 6.43 Å². The van der Waals surface area contributed by atoms with E-state index in [0.717, 1.165) is 0 Å². The highest BCUT2D eigenvalue weighted by Crippen LogP contribution is 2.19. The predicted octanol–water partition coefficient (Wildman–Crippen LogP) is 2.23. The minimum atomic E-state index is -2.40. The van der Waals surface area contributed by atoms with E-state index in [1.54, 1.807) is 0 Å². The molecule has 0 fully saturated rings. The van der Waals surface area contributed by atoms with Gasteiger partial charge in [-0.3, -0.25) is 0 Å². The van der Waals surface area contributed by atoms with E-state index in [9.17, 15) is 8.78 Å². The van der Waals surface area contributed by atoms with Gasteiger partial charge in [-0.05, 0) is 6.92 Å². The summed E-state index contributed by atoms with van der Waals surface area (Å²) in [6.45, 7) is 5.24. The summed E-state index contributed by atoms with van der Waals surface area (Å²) in [4.78, 5) is 3.94. The van der Waals surface area contributed by atoms with Crippen LogP contribution in [0.25, 0.3) is 0 Å². The molecule has 1 aromatic heterocycles. The molecule has 1 aromatic rings. The molecule has 0 aromatic carbocycles. The molecule has 3 nitrogen and oxygen atoms in total. The van der Waals surface area contributed by atoms with Crippen LogP contribution in [0.1, 0.15) is 38.6 Å². The average Bonchev–Trinajstić information content (AvgIpc) is 2.50. The molecule has 13 heavy (non-hydrogen) atoms. The predicted molar refractivity (Wildman–Crippen MR) is 44.8 cm³/mol. The first-order valence-corrected chi connectivity index (χ1v) is 4.21. The molecule has 0 N–H and O–H groups in total. The maximum atomic E-state index is 12.3. The van der Waals surface area contributed by atoms with Gasteiger partial charge in [0, 0.05) is 5.92 Å². The molecule has 1 atom stereocenters. The van der Waals surface area contributed by atoms with E-state index in [1.165, 1.54) is 17.9 Å². The van der Waals surface area contributed by atoms with E-state index in [1.807, 2.05) is 13.8 Å². The maximum Gasteiger partial charge on any atom is 0.260 e. The van der Waals surface area contributed by atoms with Crippen molar-refractivity contribution in [2.24, 2.45) is 0 Å². The smallest absolute Gasteiger partial charge is 0.241 e. The molecule has 5 heteroatoms. The molecule has 0 aliphatic rings. The zero-order valence-electron chi connectivity index (χ0n) is 7.91. The van der Waals surface area contributed by atoms with Crippen molar-refractivity contribution in [3.63, 3.8) is 0 Å². The van der Waals surface area contributed by atoms with Crippen molar-refractivity contribution >= 4 is 0 Å². The molecule has 0 spiro atoms. The second-order valence-electron chi connectivity index (χ2n) is 3.29. The summed E-state index contributed by atoms with van der Waals surface area (Å²) >= 11 is 0. The Balaban J connectivity index is 2.93. The van der Waals surface area contributed by atoms with Gasteiger partial charge in [-0.15, -0.1) is 0 Å². The number of halogens is 2. The summed E-state index contributed by atoms with van der Waals surface area (Å²) in [6.07, 6.45) is -1.09. The second kappa shape index (κ2) is 3.81. The van der Waals surface area contributed by atoms with Crippen LogP contribution in [0.5, 0.6) is 0 Å². The first kappa shape index (κ1) is 10.1. The van der Waals surface area contributed by atoms with E-state index in [-0.39, 0.29) is 5.92 Å². The number of rotatable bonds is 3. The molecular formula is C8H13F2N3. The van der Waals surface area contributed by atoms with Gasteiger partial charge in [-0.2, -0.15) is 5.10 Å². The van der Waals surface area contributed by atoms with Crippen LogP contribution in [0.4, 0.5) is 8.78 Å². The average molecular weight is 189 g/mol. The molecular weight excluding hydrogens is 176 g/mol. The molecule has 0 aliphatic heterocycles. The normalized spacial score (nSPS) is 14.1. The van der Waals surface area contributed by atoms with Crippen LogP contribution in [0, 0.1) is 0 Å². The Morgan fingerprint density at radius 1 is 1.31 bits per heavy atom. The third-order valence-corrected chi connectivity index (χ3v) is 1.87. The van der Waals surface area contributed by atoms with E-state index in [2.05, 4.69) is 10.1 Å². The lowest BCUT2D eigenvalue weighted by atomic mass is 10.2. The van der Waals surface area contributed by atoms with Crippen molar-refractivity contribution in [1.82, 2.24) is 14.8 Å². The van der Waals surface area contributed by atoms with Gasteiger partial charge in [-0.25, -0.2) is 18.4 Å². The number of alkyl halides is 2. The van der Waals surface area contributed by atoms with Crippen LogP contribution in [0.15, 0.2) is 6.33 Å². The van der Waals surface area contributed by atoms with Crippen molar-refractivity contribution in [3.05, 3.63) is 12.2 Å². The fourth-order valence-corrected chi connectivity index (χ4v) is 1.09. The second-order valence-corrected chi connectivity index (χ2v) is 3.29. The van der Waals surface area contributed by atoms with Gasteiger partial charge in [0.2, 0.25) is 0 Å². The van der Waals surface area contributed by atoms with Gasteiger partial charge in [0.15, 0.2) is 0 Å². The van der Waals surface area contributed by atoms with Crippen LogP contribution >= 0.6 is 0 Å². The molecule has 0 unspecified atom stereocenters. The zero-order valence-corrected chi connectivity index (χ0v) is 7.91. The maximum absolute atomic E-state index is 12.3. The Morgan fingerprint density at radius 2 is 1.92 bits per heavy atom. The minimum absolute atomic E-state index is 0.115. The summed E-state index contributed by atoms with van der Waals surface area (Å²) in [6, 6.07) is -0.903. The number of aromatic nitrogens is 3. The first-order chi connectivity index (χ1) is 6.04. The Morgan fingerprint density at radius 3 is 2.38 bits per heavy atom. The Bertz CT molecular complexity index is 270. The van der Waals surface area contributed by atoms with E-state index < -0.39 is 12.5 Å². The molecule has 0 saturated heterocycles. The molecule has 74 valence electrons. The molecule has 0 radical (unpaired) electrons. The Labute approximate surface area is 75.8 Å². The largest absolute Gasteiger partial charge is 0.260 e. The summed E-state index contributed by atoms with van der Waals surface area (Å²) in [5.41, 5.74) is 0. The lowest BCUT2D eigenvalue weighted by Crippen LogP contribution is -2.18. The third kappa shape index (κ3) is 2.02. The van der Waals surface area contributed by atoms with E-state index in [4.69, 9.17) is 0 Å². The number of hydrogen-bond acceptors (Lipinski definition) is 2. The monoisotopic (exact) mass is 189 g/mol. The van der Waals surface area contributed by atoms with Gasteiger partial charge < -0.3 is 0 Å². The summed E-state index contributed by atoms with van der Waals surface area (Å²) in [5, 5.41) is 3.78. The summed E-state index contributed by atoms with van der Waals surface area (Å²) in [5.74, 6) is 0.719. The van der Waals surface area contributed by atoms with Crippen molar-refractivity contribution in [2.75, 3.05) is 0 Å². The Kier molecular flexibility index (Phi) is 2.95. The lowest BCUT2D eigenvalue weighted by Gasteiger charge is -2.14. The van der Waals surface area contributed by atoms with Crippen LogP contribution in [-0.2, 0) is 0 Å². The van der Waals surface area contributed by atoms with Gasteiger partial charge in [0.1, 0.15) is 18.2 Å². The summed E-state index contributed by atoms with van der Waals surface area (Å²) in [7, 11) is 0. The molecule has 0 aliphatic carbocycles. The van der Waals surface area contributed by atoms with Crippen molar-refractivity contribution in [3.8, 4) is 0 Å². The molecule has 0 saturated carbocycles. The van der Waals surface area contributed by atoms with Crippen molar-refractivity contribution in [1.29, 1.82) is 0 Å². The van der Waals surface area contributed by atoms with E-state index >= 15 is 0 Å². The SMILES string of the molecule is CC(C)c1ncnn1[C@H](C)C(F)F. The Hall–Kier alpha value is -1.00. The topological polar surface area (TPSA) is 30.7 Å². The molecule has 1 heterocycles. The quantitative estimate of drug-likeness (QED) is 0.730. The number of nitrogens with zero attached hydrogens (tertiary/aromatic N) is 3. The standard InChI is InChI=1S/C8H13F2N3/c1-5(2)8-11-4-12-13(8)6(3)7(9)10/h4-7H,1-3H3/t6-/m1/s1. The molecule has 0 amide bonds. The van der Waals surface area contributed by atoms with Gasteiger partial charge >= 0.3 is 0 Å². The van der Waals surface area contributed by atoms with Gasteiger partial charge in [-0.1, -0.05) is 13.8 Å². The van der Waals surface area contributed by atoms with Gasteiger partial charge in [0.05, 0.1) is 0 Å². The van der Waals surface area contributed by atoms with Crippen LogP contribution in [-0.4, -0.2) is 21.2 Å². The van der Waals surface area contributed by atoms with Crippen LogP contribution in [0.2, 0.25) is 0 Å². The highest BCUT2D eigenvalue weighted by atomic mass is 19.3. The highest BCUT2D eigenvalue weighted by molar-refractivity contribution is 4.93. The molecule has 1 rings (SSSR count). The third-order valence-electron chi connectivity index (χ3n) is 1.87. The summed E-state index contributed by atoms with van der Waals surface area (Å²) < 4.78 is 26.0. The minimum Gasteiger partial charge on any atom is -0.241 e. The fraction of sp³-hybridized carbons (Fsp3) is 0.750. The van der Waals surface area contributed by atoms with Crippen LogP contribution in [0.3, 0.4) is 0 Å². The first-order valence-electron chi connectivity index (χ1n) is 4.21. The van der Waals surface area contributed by atoms with Crippen molar-refractivity contribution in [2.45, 2.75) is 39.2 Å². The zero-order chi connectivity index (χ0) is 10.0. The van der Waals surface area contributed by atoms with Crippen LogP contribution < -0.4 is 0 Å². The van der Waals surface area contributed by atoms with E-state index in [0.29, 0.717) is 5.82 Å². The fourth-order valence-electron chi connectivity index (χ4n) is 1.09. The number of hydrogen-bond donors (Lipinski definition) is 0. The lowest BCUT2D eigenvalue weighted by molar-refractivity contribution is 0.0833. The molecule has 0 bridgehead atoms. The highest BCUT2D eigenvalue weighted by Gasteiger charge is 2.21. The van der Waals surface area contributed by atoms with Crippen molar-refractivity contribution < 1.29 is 8.78 Å².